The number of carbonyl (C=O) groups is 2. The van der Waals surface area contributed by atoms with Crippen LogP contribution in [0.15, 0.2) is 42.5 Å². The Morgan fingerprint density at radius 1 is 1.04 bits per heavy atom. The molecule has 0 aromatic heterocycles. The molecule has 4 nitrogen and oxygen atoms in total. The molecular formula is C21H26N2O2. The lowest BCUT2D eigenvalue weighted by atomic mass is 10.1. The molecule has 0 radical (unpaired) electrons. The van der Waals surface area contributed by atoms with Crippen LogP contribution in [-0.2, 0) is 9.59 Å². The van der Waals surface area contributed by atoms with E-state index >= 15 is 0 Å². The zero-order valence-electron chi connectivity index (χ0n) is 14.9. The quantitative estimate of drug-likeness (QED) is 0.846. The molecule has 2 aromatic carbocycles. The van der Waals surface area contributed by atoms with Gasteiger partial charge in [0.15, 0.2) is 0 Å². The highest BCUT2D eigenvalue weighted by Crippen LogP contribution is 2.22. The van der Waals surface area contributed by atoms with E-state index in [1.807, 2.05) is 37.3 Å². The Hall–Kier alpha value is -2.36. The summed E-state index contributed by atoms with van der Waals surface area (Å²) in [6, 6.07) is 14.2. The molecule has 0 saturated carbocycles. The highest BCUT2D eigenvalue weighted by Gasteiger charge is 2.22. The average Bonchev–Trinajstić information content (AvgIpc) is 2.62. The van der Waals surface area contributed by atoms with E-state index < -0.39 is 0 Å². The van der Waals surface area contributed by atoms with Crippen LogP contribution in [-0.4, -0.2) is 36.3 Å². The summed E-state index contributed by atoms with van der Waals surface area (Å²) in [7, 11) is 0. The second-order valence-electron chi connectivity index (χ2n) is 6.65. The summed E-state index contributed by atoms with van der Waals surface area (Å²) in [5.41, 5.74) is 0.894. The fraction of sp³-hybridized carbons (Fsp3) is 0.429. The van der Waals surface area contributed by atoms with Crippen LogP contribution in [0.1, 0.15) is 39.0 Å². The van der Waals surface area contributed by atoms with Gasteiger partial charge in [0.2, 0.25) is 11.8 Å². The van der Waals surface area contributed by atoms with Gasteiger partial charge >= 0.3 is 0 Å². The first-order chi connectivity index (χ1) is 12.2. The molecule has 3 rings (SSSR count). The van der Waals surface area contributed by atoms with Crippen LogP contribution in [0.4, 0.5) is 5.69 Å². The van der Waals surface area contributed by atoms with Crippen molar-refractivity contribution in [1.82, 2.24) is 4.90 Å². The standard InChI is InChI=1S/C21H26N2O2/c1-2-23(19-13-12-17-9-6-7-10-18(17)15-19)21(25)16-22-14-8-4-3-5-11-20(22)24/h6-7,9-10,12-13,15H,2-5,8,11,14,16H2,1H3. The largest absolute Gasteiger partial charge is 0.333 e. The number of hydrogen-bond acceptors (Lipinski definition) is 2. The molecule has 1 saturated heterocycles. The van der Waals surface area contributed by atoms with Crippen molar-refractivity contribution >= 4 is 28.3 Å². The Balaban J connectivity index is 1.76. The Labute approximate surface area is 149 Å². The molecular weight excluding hydrogens is 312 g/mol. The van der Waals surface area contributed by atoms with Gasteiger partial charge in [0.1, 0.15) is 6.54 Å². The van der Waals surface area contributed by atoms with Gasteiger partial charge in [0, 0.05) is 25.2 Å². The van der Waals surface area contributed by atoms with Crippen molar-refractivity contribution in [2.75, 3.05) is 24.5 Å². The van der Waals surface area contributed by atoms with Crippen LogP contribution in [0.3, 0.4) is 0 Å². The van der Waals surface area contributed by atoms with Gasteiger partial charge < -0.3 is 9.80 Å². The third kappa shape index (κ3) is 4.19. The number of carbonyl (C=O) groups excluding carboxylic acids is 2. The van der Waals surface area contributed by atoms with Gasteiger partial charge in [0.25, 0.3) is 0 Å². The van der Waals surface area contributed by atoms with E-state index in [0.717, 1.165) is 42.1 Å². The van der Waals surface area contributed by atoms with Crippen molar-refractivity contribution in [3.8, 4) is 0 Å². The second-order valence-corrected chi connectivity index (χ2v) is 6.65. The van der Waals surface area contributed by atoms with Gasteiger partial charge in [0.05, 0.1) is 0 Å². The molecule has 132 valence electrons. The third-order valence-electron chi connectivity index (χ3n) is 4.91. The maximum Gasteiger partial charge on any atom is 0.246 e. The lowest BCUT2D eigenvalue weighted by Gasteiger charge is -2.28. The van der Waals surface area contributed by atoms with Crippen molar-refractivity contribution < 1.29 is 9.59 Å². The van der Waals surface area contributed by atoms with Crippen LogP contribution in [0.25, 0.3) is 10.8 Å². The molecule has 1 aliphatic heterocycles. The highest BCUT2D eigenvalue weighted by molar-refractivity contribution is 5.98. The fourth-order valence-corrected chi connectivity index (χ4v) is 3.48. The molecule has 1 heterocycles. The number of anilines is 1. The van der Waals surface area contributed by atoms with E-state index in [0.29, 0.717) is 19.5 Å². The van der Waals surface area contributed by atoms with Crippen LogP contribution in [0.2, 0.25) is 0 Å². The second kappa shape index (κ2) is 8.15. The smallest absolute Gasteiger partial charge is 0.246 e. The Morgan fingerprint density at radius 3 is 2.60 bits per heavy atom. The van der Waals surface area contributed by atoms with E-state index in [1.54, 1.807) is 9.80 Å². The minimum Gasteiger partial charge on any atom is -0.333 e. The molecule has 25 heavy (non-hydrogen) atoms. The predicted octanol–water partition coefficient (Wildman–Crippen LogP) is 3.99. The number of nitrogens with zero attached hydrogens (tertiary/aromatic N) is 2. The van der Waals surface area contributed by atoms with Crippen molar-refractivity contribution in [2.45, 2.75) is 39.0 Å². The van der Waals surface area contributed by atoms with Crippen LogP contribution < -0.4 is 4.90 Å². The Morgan fingerprint density at radius 2 is 1.80 bits per heavy atom. The van der Waals surface area contributed by atoms with Gasteiger partial charge in [-0.3, -0.25) is 9.59 Å². The molecule has 0 unspecified atom stereocenters. The van der Waals surface area contributed by atoms with Gasteiger partial charge in [-0.15, -0.1) is 0 Å². The molecule has 2 aromatic rings. The van der Waals surface area contributed by atoms with Gasteiger partial charge in [-0.1, -0.05) is 43.2 Å². The summed E-state index contributed by atoms with van der Waals surface area (Å²) < 4.78 is 0. The molecule has 0 atom stereocenters. The molecule has 4 heteroatoms. The lowest BCUT2D eigenvalue weighted by Crippen LogP contribution is -2.43. The molecule has 0 spiro atoms. The molecule has 0 bridgehead atoms. The lowest BCUT2D eigenvalue weighted by molar-refractivity contribution is -0.135. The van der Waals surface area contributed by atoms with Crippen molar-refractivity contribution in [1.29, 1.82) is 0 Å². The maximum atomic E-state index is 12.9. The number of likely N-dealkylation sites (N-methyl/N-ethyl adjacent to an activating group) is 1. The topological polar surface area (TPSA) is 40.6 Å². The minimum absolute atomic E-state index is 0.00768. The number of rotatable bonds is 4. The highest BCUT2D eigenvalue weighted by atomic mass is 16.2. The van der Waals surface area contributed by atoms with E-state index in [2.05, 4.69) is 12.1 Å². The van der Waals surface area contributed by atoms with E-state index in [-0.39, 0.29) is 18.4 Å². The number of likely N-dealkylation sites (tertiary alicyclic amines) is 1. The van der Waals surface area contributed by atoms with Gasteiger partial charge in [-0.2, -0.15) is 0 Å². The first kappa shape index (κ1) is 17.5. The monoisotopic (exact) mass is 338 g/mol. The molecule has 0 N–H and O–H groups in total. The van der Waals surface area contributed by atoms with Gasteiger partial charge in [-0.05, 0) is 42.7 Å². The van der Waals surface area contributed by atoms with Crippen LogP contribution in [0, 0.1) is 0 Å². The Bertz CT molecular complexity index is 756. The number of hydrogen-bond donors (Lipinski definition) is 0. The summed E-state index contributed by atoms with van der Waals surface area (Å²) in [6.07, 6.45) is 4.74. The summed E-state index contributed by atoms with van der Waals surface area (Å²) >= 11 is 0. The van der Waals surface area contributed by atoms with Crippen molar-refractivity contribution in [3.05, 3.63) is 42.5 Å². The van der Waals surface area contributed by atoms with Crippen molar-refractivity contribution in [3.63, 3.8) is 0 Å². The zero-order chi connectivity index (χ0) is 17.6. The predicted molar refractivity (Wildman–Crippen MR) is 102 cm³/mol. The summed E-state index contributed by atoms with van der Waals surface area (Å²) in [5.74, 6) is 0.106. The average molecular weight is 338 g/mol. The summed E-state index contributed by atoms with van der Waals surface area (Å²) in [6.45, 7) is 3.45. The number of amides is 2. The summed E-state index contributed by atoms with van der Waals surface area (Å²) in [5, 5.41) is 2.28. The zero-order valence-corrected chi connectivity index (χ0v) is 14.9. The minimum atomic E-state index is -0.00768. The van der Waals surface area contributed by atoms with E-state index in [1.165, 1.54) is 0 Å². The van der Waals surface area contributed by atoms with Crippen LogP contribution >= 0.6 is 0 Å². The Kier molecular flexibility index (Phi) is 5.69. The first-order valence-electron chi connectivity index (χ1n) is 9.26. The molecule has 2 amide bonds. The van der Waals surface area contributed by atoms with Crippen molar-refractivity contribution in [2.24, 2.45) is 0 Å². The molecule has 1 fully saturated rings. The SMILES string of the molecule is CCN(C(=O)CN1CCCCCCC1=O)c1ccc2ccccc2c1. The van der Waals surface area contributed by atoms with Gasteiger partial charge in [-0.25, -0.2) is 0 Å². The number of benzene rings is 2. The third-order valence-corrected chi connectivity index (χ3v) is 4.91. The maximum absolute atomic E-state index is 12.9. The molecule has 1 aliphatic rings. The normalized spacial score (nSPS) is 15.7. The number of fused-ring (bicyclic) bond motifs is 1. The fourth-order valence-electron chi connectivity index (χ4n) is 3.48. The van der Waals surface area contributed by atoms with E-state index in [4.69, 9.17) is 0 Å². The van der Waals surface area contributed by atoms with E-state index in [9.17, 15) is 9.59 Å². The molecule has 0 aliphatic carbocycles. The summed E-state index contributed by atoms with van der Waals surface area (Å²) in [4.78, 5) is 28.7. The first-order valence-corrected chi connectivity index (χ1v) is 9.26. The van der Waals surface area contributed by atoms with Crippen LogP contribution in [0.5, 0.6) is 0 Å².